The molecule has 1 heterocycles. The number of hydrogen-bond donors (Lipinski definition) is 3. The Balaban J connectivity index is 2.65. The molecule has 0 bridgehead atoms. The quantitative estimate of drug-likeness (QED) is 0.590. The van der Waals surface area contributed by atoms with Crippen molar-refractivity contribution in [3.8, 4) is 17.0 Å². The monoisotopic (exact) mass is 266 g/mol. The number of benzene rings is 1. The van der Waals surface area contributed by atoms with Gasteiger partial charge < -0.3 is 9.72 Å². The number of nitrogens with one attached hydrogen (secondary N) is 2. The topological polar surface area (TPSA) is 76.0 Å². The predicted molar refractivity (Wildman–Crippen MR) is 72.9 cm³/mol. The summed E-state index contributed by atoms with van der Waals surface area (Å²) < 4.78 is 5.40. The van der Waals surface area contributed by atoms with E-state index >= 15 is 0 Å². The summed E-state index contributed by atoms with van der Waals surface area (Å²) in [7, 11) is 1.63. The average Bonchev–Trinajstić information content (AvgIpc) is 2.83. The second-order valence-electron chi connectivity index (χ2n) is 4.00. The van der Waals surface area contributed by atoms with Gasteiger partial charge in [0, 0.05) is 10.6 Å². The van der Waals surface area contributed by atoms with Crippen LogP contribution in [0.15, 0.2) is 12.3 Å². The molecule has 0 aliphatic heterocycles. The number of aryl methyl sites for hydroxylation is 1. The molecular formula is C12H15ClN4O. The van der Waals surface area contributed by atoms with Crippen molar-refractivity contribution in [3.63, 3.8) is 0 Å². The number of H-pyrrole nitrogens is 1. The standard InChI is InChI=1S/C12H15ClN4O/c1-6-4-9(18-3)10(7(2)11(6)13)8-5-15-12(16-8)17-14/h4-5H,14H2,1-3H3,(H2,15,16,17). The molecule has 0 saturated heterocycles. The maximum absolute atomic E-state index is 6.27. The van der Waals surface area contributed by atoms with Crippen LogP contribution in [-0.2, 0) is 0 Å². The van der Waals surface area contributed by atoms with Gasteiger partial charge in [-0.05, 0) is 31.0 Å². The zero-order valence-corrected chi connectivity index (χ0v) is 11.2. The molecule has 0 fully saturated rings. The SMILES string of the molecule is COc1cc(C)c(Cl)c(C)c1-c1cnc(NN)[nH]1. The number of methoxy groups -OCH3 is 1. The number of anilines is 1. The van der Waals surface area contributed by atoms with E-state index in [4.69, 9.17) is 22.2 Å². The van der Waals surface area contributed by atoms with Gasteiger partial charge in [-0.1, -0.05) is 11.6 Å². The maximum atomic E-state index is 6.27. The van der Waals surface area contributed by atoms with Crippen LogP contribution >= 0.6 is 11.6 Å². The van der Waals surface area contributed by atoms with Gasteiger partial charge in [-0.25, -0.2) is 10.8 Å². The smallest absolute Gasteiger partial charge is 0.215 e. The summed E-state index contributed by atoms with van der Waals surface area (Å²) in [4.78, 5) is 7.14. The fourth-order valence-electron chi connectivity index (χ4n) is 1.94. The Hall–Kier alpha value is -1.72. The van der Waals surface area contributed by atoms with Crippen LogP contribution in [0.1, 0.15) is 11.1 Å². The van der Waals surface area contributed by atoms with E-state index in [-0.39, 0.29) is 0 Å². The molecule has 0 amide bonds. The van der Waals surface area contributed by atoms with E-state index in [9.17, 15) is 0 Å². The Morgan fingerprint density at radius 3 is 2.72 bits per heavy atom. The lowest BCUT2D eigenvalue weighted by Gasteiger charge is -2.13. The van der Waals surface area contributed by atoms with Crippen LogP contribution in [0.4, 0.5) is 5.95 Å². The average molecular weight is 267 g/mol. The molecule has 0 unspecified atom stereocenters. The summed E-state index contributed by atoms with van der Waals surface area (Å²) in [6, 6.07) is 1.90. The third-order valence-corrected chi connectivity index (χ3v) is 3.43. The molecule has 0 radical (unpaired) electrons. The van der Waals surface area contributed by atoms with Crippen LogP contribution in [0.3, 0.4) is 0 Å². The van der Waals surface area contributed by atoms with Gasteiger partial charge in [-0.3, -0.25) is 5.43 Å². The molecule has 1 aromatic carbocycles. The van der Waals surface area contributed by atoms with E-state index in [1.807, 2.05) is 19.9 Å². The summed E-state index contributed by atoms with van der Waals surface area (Å²) in [5.74, 6) is 6.54. The van der Waals surface area contributed by atoms with Gasteiger partial charge >= 0.3 is 0 Å². The number of hydrogen-bond acceptors (Lipinski definition) is 4. The lowest BCUT2D eigenvalue weighted by atomic mass is 10.0. The zero-order valence-electron chi connectivity index (χ0n) is 10.5. The first-order chi connectivity index (χ1) is 8.58. The largest absolute Gasteiger partial charge is 0.496 e. The van der Waals surface area contributed by atoms with E-state index in [1.165, 1.54) is 0 Å². The van der Waals surface area contributed by atoms with Crippen LogP contribution in [0, 0.1) is 13.8 Å². The third kappa shape index (κ3) is 2.02. The number of nitrogens with zero attached hydrogens (tertiary/aromatic N) is 1. The van der Waals surface area contributed by atoms with Gasteiger partial charge in [0.2, 0.25) is 5.95 Å². The van der Waals surface area contributed by atoms with E-state index in [0.29, 0.717) is 5.95 Å². The van der Waals surface area contributed by atoms with Gasteiger partial charge in [0.05, 0.1) is 19.0 Å². The van der Waals surface area contributed by atoms with Crippen LogP contribution in [0.5, 0.6) is 5.75 Å². The number of halogens is 1. The molecule has 2 rings (SSSR count). The second kappa shape index (κ2) is 4.88. The number of aromatic amines is 1. The molecule has 2 aromatic rings. The lowest BCUT2D eigenvalue weighted by molar-refractivity contribution is 0.415. The van der Waals surface area contributed by atoms with Gasteiger partial charge in [-0.2, -0.15) is 0 Å². The highest BCUT2D eigenvalue weighted by Crippen LogP contribution is 2.38. The fraction of sp³-hybridized carbons (Fsp3) is 0.250. The summed E-state index contributed by atoms with van der Waals surface area (Å²) >= 11 is 6.27. The Kier molecular flexibility index (Phi) is 3.45. The predicted octanol–water partition coefficient (Wildman–Crippen LogP) is 2.64. The molecule has 0 aliphatic carbocycles. The number of ether oxygens (including phenoxy) is 1. The third-order valence-electron chi connectivity index (χ3n) is 2.85. The molecule has 1 aromatic heterocycles. The minimum absolute atomic E-state index is 0.489. The lowest BCUT2D eigenvalue weighted by Crippen LogP contribution is -2.07. The van der Waals surface area contributed by atoms with E-state index in [0.717, 1.165) is 33.2 Å². The zero-order chi connectivity index (χ0) is 13.3. The molecule has 6 heteroatoms. The Bertz CT molecular complexity index is 580. The molecule has 18 heavy (non-hydrogen) atoms. The minimum atomic E-state index is 0.489. The van der Waals surface area contributed by atoms with Gasteiger partial charge in [-0.15, -0.1) is 0 Å². The first-order valence-electron chi connectivity index (χ1n) is 5.44. The summed E-state index contributed by atoms with van der Waals surface area (Å²) in [5, 5.41) is 0.725. The highest BCUT2D eigenvalue weighted by atomic mass is 35.5. The Morgan fingerprint density at radius 2 is 2.17 bits per heavy atom. The van der Waals surface area contributed by atoms with Crippen molar-refractivity contribution in [1.82, 2.24) is 9.97 Å². The summed E-state index contributed by atoms with van der Waals surface area (Å²) in [6.45, 7) is 3.89. The van der Waals surface area contributed by atoms with Crippen molar-refractivity contribution >= 4 is 17.5 Å². The van der Waals surface area contributed by atoms with Crippen molar-refractivity contribution in [1.29, 1.82) is 0 Å². The molecule has 4 N–H and O–H groups in total. The molecule has 0 saturated carbocycles. The van der Waals surface area contributed by atoms with E-state index < -0.39 is 0 Å². The van der Waals surface area contributed by atoms with Crippen LogP contribution in [-0.4, -0.2) is 17.1 Å². The molecular weight excluding hydrogens is 252 g/mol. The normalized spacial score (nSPS) is 10.5. The second-order valence-corrected chi connectivity index (χ2v) is 4.38. The number of rotatable bonds is 3. The number of hydrazine groups is 1. The van der Waals surface area contributed by atoms with Crippen molar-refractivity contribution in [2.75, 3.05) is 12.5 Å². The summed E-state index contributed by atoms with van der Waals surface area (Å²) in [5.41, 5.74) is 6.08. The first kappa shape index (κ1) is 12.7. The number of nitrogen functional groups attached to an aromatic ring is 1. The number of aromatic nitrogens is 2. The minimum Gasteiger partial charge on any atom is -0.496 e. The number of imidazole rings is 1. The summed E-state index contributed by atoms with van der Waals surface area (Å²) in [6.07, 6.45) is 1.69. The van der Waals surface area contributed by atoms with Crippen molar-refractivity contribution in [2.24, 2.45) is 5.84 Å². The molecule has 96 valence electrons. The van der Waals surface area contributed by atoms with Crippen molar-refractivity contribution in [2.45, 2.75) is 13.8 Å². The van der Waals surface area contributed by atoms with Crippen molar-refractivity contribution in [3.05, 3.63) is 28.4 Å². The van der Waals surface area contributed by atoms with Gasteiger partial charge in [0.15, 0.2) is 0 Å². The van der Waals surface area contributed by atoms with Crippen molar-refractivity contribution < 1.29 is 4.74 Å². The van der Waals surface area contributed by atoms with Gasteiger partial charge in [0.1, 0.15) is 5.75 Å². The van der Waals surface area contributed by atoms with E-state index in [2.05, 4.69) is 15.4 Å². The van der Waals surface area contributed by atoms with Crippen LogP contribution in [0.2, 0.25) is 5.02 Å². The van der Waals surface area contributed by atoms with E-state index in [1.54, 1.807) is 13.3 Å². The Labute approximate surface area is 110 Å². The van der Waals surface area contributed by atoms with Gasteiger partial charge in [0.25, 0.3) is 0 Å². The molecule has 0 atom stereocenters. The highest BCUT2D eigenvalue weighted by molar-refractivity contribution is 6.32. The molecule has 0 aliphatic rings. The number of nitrogens with two attached hydrogens (primary N) is 1. The fourth-order valence-corrected chi connectivity index (χ4v) is 2.09. The molecule has 0 spiro atoms. The van der Waals surface area contributed by atoms with Crippen LogP contribution in [0.25, 0.3) is 11.3 Å². The van der Waals surface area contributed by atoms with Crippen LogP contribution < -0.4 is 16.0 Å². The Morgan fingerprint density at radius 1 is 1.44 bits per heavy atom. The highest BCUT2D eigenvalue weighted by Gasteiger charge is 2.16. The maximum Gasteiger partial charge on any atom is 0.215 e. The molecule has 5 nitrogen and oxygen atoms in total. The first-order valence-corrected chi connectivity index (χ1v) is 5.82.